The first kappa shape index (κ1) is 90.1. The Labute approximate surface area is 609 Å². The Morgan fingerprint density at radius 2 is 0.713 bits per heavy atom. The van der Waals surface area contributed by atoms with Gasteiger partial charge < -0.3 is 211 Å². The van der Waals surface area contributed by atoms with Crippen LogP contribution in [-0.2, 0) is 95.1 Å². The number of carbonyl (C=O) groups excluding carboxylic acids is 4. The van der Waals surface area contributed by atoms with Crippen molar-refractivity contribution in [2.75, 3.05) is 46.2 Å². The molecule has 0 aliphatic carbocycles. The number of ether oxygens (including phenoxy) is 13. The number of carbonyl (C=O) groups is 7. The van der Waals surface area contributed by atoms with Crippen LogP contribution in [0.15, 0.2) is 0 Å². The van der Waals surface area contributed by atoms with Crippen molar-refractivity contribution >= 4 is 41.5 Å². The van der Waals surface area contributed by atoms with Gasteiger partial charge in [-0.1, -0.05) is 0 Å². The molecular weight excluding hydrogens is 1480 g/mol. The zero-order valence-corrected chi connectivity index (χ0v) is 57.6. The number of amides is 4. The van der Waals surface area contributed by atoms with Crippen molar-refractivity contribution in [1.82, 2.24) is 21.3 Å². The van der Waals surface area contributed by atoms with E-state index in [-0.39, 0.29) is 0 Å². The van der Waals surface area contributed by atoms with Crippen molar-refractivity contribution in [3.8, 4) is 0 Å². The van der Waals surface area contributed by atoms with Gasteiger partial charge in [-0.2, -0.15) is 0 Å². The van der Waals surface area contributed by atoms with E-state index < -0.39 is 339 Å². The van der Waals surface area contributed by atoms with Gasteiger partial charge in [-0.25, -0.2) is 14.4 Å². The predicted molar refractivity (Wildman–Crippen MR) is 330 cm³/mol. The van der Waals surface area contributed by atoms with Crippen LogP contribution in [0, 0.1) is 0 Å². The van der Waals surface area contributed by atoms with E-state index in [9.17, 15) is 161 Å². The Morgan fingerprint density at radius 3 is 1.11 bits per heavy atom. The van der Waals surface area contributed by atoms with Crippen LogP contribution in [0.4, 0.5) is 0 Å². The molecule has 0 aromatic carbocycles. The first-order valence-electron chi connectivity index (χ1n) is 33.5. The summed E-state index contributed by atoms with van der Waals surface area (Å²) in [5.74, 6) is -21.3. The van der Waals surface area contributed by atoms with Gasteiger partial charge in [-0.05, 0) is 0 Å². The largest absolute Gasteiger partial charge is 0.477 e. The summed E-state index contributed by atoms with van der Waals surface area (Å²) in [6.07, 6.45) is -78.7. The molecule has 7 heterocycles. The molecule has 7 aliphatic rings. The summed E-state index contributed by atoms with van der Waals surface area (Å²) < 4.78 is 76.4. The lowest BCUT2D eigenvalue weighted by Gasteiger charge is -2.53. The molecule has 0 aromatic heterocycles. The Morgan fingerprint density at radius 1 is 0.380 bits per heavy atom. The molecule has 38 atom stereocenters. The number of rotatable bonds is 32. The van der Waals surface area contributed by atoms with Gasteiger partial charge in [0.2, 0.25) is 23.6 Å². The molecule has 0 aromatic rings. The normalized spacial score (nSPS) is 43.4. The highest BCUT2D eigenvalue weighted by atomic mass is 16.8. The summed E-state index contributed by atoms with van der Waals surface area (Å²) in [5, 5.41) is 285. The maximum absolute atomic E-state index is 13.9. The Bertz CT molecular complexity index is 3010. The molecule has 0 unspecified atom stereocenters. The molecule has 4 amide bonds. The van der Waals surface area contributed by atoms with E-state index in [0.29, 0.717) is 0 Å². The topological polar surface area (TPSA) is 793 Å². The van der Waals surface area contributed by atoms with E-state index >= 15 is 0 Å². The van der Waals surface area contributed by atoms with Crippen LogP contribution in [0.3, 0.4) is 0 Å². The van der Waals surface area contributed by atoms with Gasteiger partial charge in [-0.15, -0.1) is 0 Å². The first-order valence-corrected chi connectivity index (χ1v) is 33.5. The van der Waals surface area contributed by atoms with Crippen molar-refractivity contribution in [3.63, 3.8) is 0 Å². The van der Waals surface area contributed by atoms with Gasteiger partial charge in [0.1, 0.15) is 153 Å². The van der Waals surface area contributed by atoms with Crippen LogP contribution in [-0.4, -0.2) is 447 Å². The minimum atomic E-state index is -3.61. The Hall–Kier alpha value is -5.11. The second-order valence-electron chi connectivity index (χ2n) is 26.8. The number of hydrogen-bond donors (Lipinski definition) is 29. The second-order valence-corrected chi connectivity index (χ2v) is 26.8. The highest BCUT2D eigenvalue weighted by Gasteiger charge is 2.65. The van der Waals surface area contributed by atoms with Crippen LogP contribution in [0.2, 0.25) is 0 Å². The molecule has 7 rings (SSSR count). The molecule has 0 spiro atoms. The Kier molecular flexibility index (Phi) is 31.4. The average Bonchev–Trinajstić information content (AvgIpc) is 0.752. The van der Waals surface area contributed by atoms with Crippen molar-refractivity contribution in [2.24, 2.45) is 0 Å². The van der Waals surface area contributed by atoms with Crippen LogP contribution in [0.5, 0.6) is 0 Å². The number of carboxylic acids is 3. The number of aliphatic hydroxyl groups excluding tert-OH is 22. The number of carboxylic acid groups (broad SMARTS) is 3. The summed E-state index contributed by atoms with van der Waals surface area (Å²) >= 11 is 0. The molecule has 0 saturated carbocycles. The monoisotopic (exact) mass is 1580 g/mol. The third-order valence-electron chi connectivity index (χ3n) is 19.1. The fourth-order valence-corrected chi connectivity index (χ4v) is 13.6. The smallest absolute Gasteiger partial charge is 0.364 e. The molecule has 29 N–H and O–H groups in total. The zero-order valence-electron chi connectivity index (χ0n) is 57.6. The molecule has 7 saturated heterocycles. The highest BCUT2D eigenvalue weighted by molar-refractivity contribution is 5.78. The summed E-state index contributed by atoms with van der Waals surface area (Å²) in [5.41, 5.74) is 0. The molecular formula is C59H96N4O45. The first-order chi connectivity index (χ1) is 50.5. The molecule has 0 bridgehead atoms. The van der Waals surface area contributed by atoms with E-state index in [0.717, 1.165) is 27.7 Å². The summed E-state index contributed by atoms with van der Waals surface area (Å²) in [7, 11) is 0. The minimum absolute atomic E-state index is 0.759. The molecule has 49 heteroatoms. The highest BCUT2D eigenvalue weighted by Crippen LogP contribution is 2.44. The number of aliphatic carboxylic acids is 3. The fourth-order valence-electron chi connectivity index (χ4n) is 13.6. The van der Waals surface area contributed by atoms with Crippen LogP contribution in [0.25, 0.3) is 0 Å². The quantitative estimate of drug-likeness (QED) is 0.0297. The maximum Gasteiger partial charge on any atom is 0.364 e. The van der Waals surface area contributed by atoms with Crippen molar-refractivity contribution in [1.29, 1.82) is 0 Å². The van der Waals surface area contributed by atoms with Crippen LogP contribution < -0.4 is 21.3 Å². The zero-order chi connectivity index (χ0) is 80.8. The lowest BCUT2D eigenvalue weighted by atomic mass is 9.88. The van der Waals surface area contributed by atoms with Crippen LogP contribution in [0.1, 0.15) is 47.0 Å². The summed E-state index contributed by atoms with van der Waals surface area (Å²) in [6, 6.07) is -8.00. The number of hydrogen-bond acceptors (Lipinski definition) is 42. The summed E-state index contributed by atoms with van der Waals surface area (Å²) in [6.45, 7) is -5.97. The van der Waals surface area contributed by atoms with E-state index in [2.05, 4.69) is 21.3 Å². The summed E-state index contributed by atoms with van der Waals surface area (Å²) in [4.78, 5) is 91.9. The Balaban J connectivity index is 1.40. The van der Waals surface area contributed by atoms with E-state index in [4.69, 9.17) is 61.6 Å². The fraction of sp³-hybridized carbons (Fsp3) is 0.881. The van der Waals surface area contributed by atoms with Gasteiger partial charge in [-0.3, -0.25) is 19.2 Å². The minimum Gasteiger partial charge on any atom is -0.477 e. The van der Waals surface area contributed by atoms with Gasteiger partial charge >= 0.3 is 17.9 Å². The van der Waals surface area contributed by atoms with Crippen molar-refractivity contribution in [2.45, 2.75) is 278 Å². The lowest BCUT2D eigenvalue weighted by molar-refractivity contribution is -0.405. The number of nitrogens with one attached hydrogen (secondary N) is 4. The second kappa shape index (κ2) is 37.7. The molecule has 7 aliphatic heterocycles. The third-order valence-corrected chi connectivity index (χ3v) is 19.1. The molecule has 7 fully saturated rings. The standard InChI is InChI=1S/C59H96N4O45/c1-15(70)60-29-19(74)5-57(54(90)91,104-45(29)33(80)22(77)8-64)96-14-28-37(84)44(103-52-40(87)48(36(83)25(11-67)98-52)107-58(55(92)93)6-20(75)30(61-16(2)71)46(105-58)34(81)23(78)9-65)32(63-18(4)73)51(100-28)102-43-27(13-69)99-53(101-42-26(12-68)97-50(89)39(86)38(42)85)41(88)49(43)108-59(56(94)95)7-21(76)31(62-17(3)72)47(106-59)35(82)24(79)10-66/h19-53,64-69,74-89H,5-14H2,1-4H3,(H,60,70)(H,61,71)(H,62,72)(H,63,73)(H,90,91)(H,92,93)(H,94,95)/t19-,20-,21-,22+,23+,24+,25+,26+,27+,28+,29+,30+,31+,32+,33+,34+,35+,36-,37-,38+,39+,40+,41+,42+,43-,44+,45+,46+,47+,48-,49+,50+,51-,52-,53-,57+,58-,59-/m0/s1. The van der Waals surface area contributed by atoms with Gasteiger partial charge in [0.05, 0.1) is 82.7 Å². The van der Waals surface area contributed by atoms with E-state index in [1.807, 2.05) is 0 Å². The third kappa shape index (κ3) is 19.6. The van der Waals surface area contributed by atoms with E-state index in [1.165, 1.54) is 0 Å². The lowest BCUT2D eigenvalue weighted by Crippen LogP contribution is -2.73. The van der Waals surface area contributed by atoms with E-state index in [1.54, 1.807) is 0 Å². The van der Waals surface area contributed by atoms with Crippen LogP contribution >= 0.6 is 0 Å². The maximum atomic E-state index is 13.9. The van der Waals surface area contributed by atoms with Crippen molar-refractivity contribution < 1.29 is 223 Å². The van der Waals surface area contributed by atoms with Gasteiger partial charge in [0, 0.05) is 47.0 Å². The SMILES string of the molecule is CC(=O)N[C@H]1[C@H](O[C@@H]2[C@H](O[C@]3(C(=O)O)C[C@H](O)[C@@H](NC(C)=O)[C@H]([C@H](O)[C@H](O)CO)O3)[C@@H](O)[C@H](O[C@H]3[C@H](O)[C@@H](O)[C@H](O)O[C@@H]3CO)O[C@@H]2CO)O[C@H](CO[C@]2(C(=O)O)C[C@H](O)[C@@H](NC(C)=O)[C@H]([C@H](O)[C@H](O)CO)O2)[C@H](O)[C@@H]1O[C@@H]1O[C@H](CO)[C@H](O)[C@H](O[C@]2(C(=O)O)C[C@H](O)[C@@H](NC(C)=O)[C@H]([C@H](O)[C@H](O)CO)O2)[C@H]1O. The molecule has 622 valence electrons. The molecule has 0 radical (unpaired) electrons. The molecule has 108 heavy (non-hydrogen) atoms. The van der Waals surface area contributed by atoms with Gasteiger partial charge in [0.15, 0.2) is 25.2 Å². The number of aliphatic hydroxyl groups is 22. The average molecular weight is 1580 g/mol. The molecule has 49 nitrogen and oxygen atoms in total. The predicted octanol–water partition coefficient (Wildman–Crippen LogP) is -18.1. The van der Waals surface area contributed by atoms with Gasteiger partial charge in [0.25, 0.3) is 17.4 Å². The van der Waals surface area contributed by atoms with Crippen molar-refractivity contribution in [3.05, 3.63) is 0 Å².